The van der Waals surface area contributed by atoms with Gasteiger partial charge >= 0.3 is 0 Å². The molecule has 5 heteroatoms. The van der Waals surface area contributed by atoms with Gasteiger partial charge in [-0.05, 0) is 26.0 Å². The molecule has 1 aromatic rings. The van der Waals surface area contributed by atoms with Gasteiger partial charge in [0, 0.05) is 17.2 Å². The van der Waals surface area contributed by atoms with Gasteiger partial charge in [0.1, 0.15) is 17.0 Å². The van der Waals surface area contributed by atoms with Crippen molar-refractivity contribution in [3.8, 4) is 23.0 Å². The summed E-state index contributed by atoms with van der Waals surface area (Å²) in [5, 5.41) is 0. The van der Waals surface area contributed by atoms with Crippen LogP contribution in [0.25, 0.3) is 22.6 Å². The highest BCUT2D eigenvalue weighted by Crippen LogP contribution is 2.36. The monoisotopic (exact) mass is 285 g/mol. The van der Waals surface area contributed by atoms with Crippen molar-refractivity contribution >= 4 is 11.1 Å². The van der Waals surface area contributed by atoms with Gasteiger partial charge in [-0.15, -0.1) is 0 Å². The van der Waals surface area contributed by atoms with Crippen molar-refractivity contribution in [2.75, 3.05) is 14.2 Å². The summed E-state index contributed by atoms with van der Waals surface area (Å²) < 4.78 is 16.4. The topological polar surface area (TPSA) is 61.6 Å². The summed E-state index contributed by atoms with van der Waals surface area (Å²) in [6, 6.07) is 5.37. The minimum absolute atomic E-state index is 0.0906. The molecule has 1 aromatic carbocycles. The standard InChI is InChI=1S/C16H15NO4/c1-8-14(18)9(2)16-13(15(8)20-4)17-11-6-5-10(19-3)7-12(11)21-16/h5-7H,1-4H3. The van der Waals surface area contributed by atoms with Crippen molar-refractivity contribution < 1.29 is 13.9 Å². The number of aromatic nitrogens is 1. The minimum atomic E-state index is -0.0906. The molecule has 1 aliphatic carbocycles. The van der Waals surface area contributed by atoms with E-state index in [9.17, 15) is 4.79 Å². The molecule has 0 saturated heterocycles. The first-order valence-corrected chi connectivity index (χ1v) is 6.52. The van der Waals surface area contributed by atoms with Crippen molar-refractivity contribution in [2.24, 2.45) is 0 Å². The van der Waals surface area contributed by atoms with Crippen LogP contribution in [-0.2, 0) is 0 Å². The predicted molar refractivity (Wildman–Crippen MR) is 79.5 cm³/mol. The first kappa shape index (κ1) is 13.4. The summed E-state index contributed by atoms with van der Waals surface area (Å²) in [4.78, 5) is 16.8. The van der Waals surface area contributed by atoms with Gasteiger partial charge in [-0.3, -0.25) is 4.79 Å². The van der Waals surface area contributed by atoms with Crippen LogP contribution in [0.5, 0.6) is 11.5 Å². The van der Waals surface area contributed by atoms with Crippen LogP contribution in [0.2, 0.25) is 0 Å². The maximum Gasteiger partial charge on any atom is 0.192 e. The van der Waals surface area contributed by atoms with Crippen LogP contribution in [-0.4, -0.2) is 19.2 Å². The lowest BCUT2D eigenvalue weighted by molar-refractivity contribution is 0.408. The maximum atomic E-state index is 12.2. The van der Waals surface area contributed by atoms with E-state index in [0.717, 1.165) is 0 Å². The van der Waals surface area contributed by atoms with Crippen molar-refractivity contribution in [3.63, 3.8) is 0 Å². The third-order valence-electron chi connectivity index (χ3n) is 3.61. The molecule has 0 atom stereocenters. The van der Waals surface area contributed by atoms with E-state index in [1.54, 1.807) is 27.0 Å². The summed E-state index contributed by atoms with van der Waals surface area (Å²) in [7, 11) is 3.11. The molecule has 0 amide bonds. The zero-order chi connectivity index (χ0) is 15.1. The van der Waals surface area contributed by atoms with Crippen LogP contribution in [0.4, 0.5) is 0 Å². The number of benzene rings is 2. The highest BCUT2D eigenvalue weighted by Gasteiger charge is 2.23. The van der Waals surface area contributed by atoms with Crippen molar-refractivity contribution in [3.05, 3.63) is 39.5 Å². The number of hydrogen-bond donors (Lipinski definition) is 0. The molecule has 0 unspecified atom stereocenters. The Morgan fingerprint density at radius 1 is 1.10 bits per heavy atom. The molecule has 5 nitrogen and oxygen atoms in total. The van der Waals surface area contributed by atoms with Gasteiger partial charge in [-0.25, -0.2) is 4.98 Å². The molecule has 0 bridgehead atoms. The fraction of sp³-hybridized carbons (Fsp3) is 0.250. The first-order chi connectivity index (χ1) is 10.1. The highest BCUT2D eigenvalue weighted by molar-refractivity contribution is 5.80. The van der Waals surface area contributed by atoms with Crippen molar-refractivity contribution in [2.45, 2.75) is 13.8 Å². The normalized spacial score (nSPS) is 11.0. The van der Waals surface area contributed by atoms with E-state index in [2.05, 4.69) is 4.98 Å². The summed E-state index contributed by atoms with van der Waals surface area (Å²) in [5.74, 6) is 1.58. The third kappa shape index (κ3) is 1.93. The zero-order valence-corrected chi connectivity index (χ0v) is 12.3. The Balaban J connectivity index is 2.47. The predicted octanol–water partition coefficient (Wildman–Crippen LogP) is 2.93. The zero-order valence-electron chi connectivity index (χ0n) is 12.3. The van der Waals surface area contributed by atoms with Gasteiger partial charge in [0.25, 0.3) is 0 Å². The van der Waals surface area contributed by atoms with Crippen LogP contribution in [0.3, 0.4) is 0 Å². The highest BCUT2D eigenvalue weighted by atomic mass is 16.5. The van der Waals surface area contributed by atoms with Crippen LogP contribution in [0.15, 0.2) is 27.4 Å². The van der Waals surface area contributed by atoms with E-state index in [0.29, 0.717) is 45.2 Å². The first-order valence-electron chi connectivity index (χ1n) is 6.52. The molecule has 21 heavy (non-hydrogen) atoms. The average Bonchev–Trinajstić information content (AvgIpc) is 2.51. The summed E-state index contributed by atoms with van der Waals surface area (Å²) >= 11 is 0. The number of rotatable bonds is 2. The van der Waals surface area contributed by atoms with Crippen LogP contribution in [0, 0.1) is 13.8 Å². The van der Waals surface area contributed by atoms with Crippen LogP contribution in [0.1, 0.15) is 11.1 Å². The molecule has 0 N–H and O–H groups in total. The quantitative estimate of drug-likeness (QED) is 0.677. The Hall–Kier alpha value is -2.56. The van der Waals surface area contributed by atoms with Crippen LogP contribution < -0.4 is 14.9 Å². The number of methoxy groups -OCH3 is 2. The summed E-state index contributed by atoms with van der Waals surface area (Å²) in [6.45, 7) is 3.46. The Kier molecular flexibility index (Phi) is 3.05. The molecule has 2 aliphatic rings. The van der Waals surface area contributed by atoms with Gasteiger partial charge in [0.15, 0.2) is 22.5 Å². The number of nitrogens with zero attached hydrogens (tertiary/aromatic N) is 1. The molecule has 0 radical (unpaired) electrons. The Morgan fingerprint density at radius 3 is 2.52 bits per heavy atom. The van der Waals surface area contributed by atoms with Gasteiger partial charge in [-0.1, -0.05) is 0 Å². The van der Waals surface area contributed by atoms with E-state index >= 15 is 0 Å². The molecular formula is C16H15NO4. The molecular weight excluding hydrogens is 270 g/mol. The van der Waals surface area contributed by atoms with Crippen molar-refractivity contribution in [1.29, 1.82) is 0 Å². The molecule has 1 heterocycles. The number of hydrogen-bond acceptors (Lipinski definition) is 5. The van der Waals surface area contributed by atoms with E-state index in [-0.39, 0.29) is 5.43 Å². The second-order valence-electron chi connectivity index (χ2n) is 4.84. The van der Waals surface area contributed by atoms with Gasteiger partial charge in [-0.2, -0.15) is 0 Å². The van der Waals surface area contributed by atoms with E-state index < -0.39 is 0 Å². The molecule has 1 aliphatic heterocycles. The maximum absolute atomic E-state index is 12.2. The Labute approximate surface area is 121 Å². The fourth-order valence-electron chi connectivity index (χ4n) is 2.45. The third-order valence-corrected chi connectivity index (χ3v) is 3.61. The molecule has 0 fully saturated rings. The average molecular weight is 285 g/mol. The van der Waals surface area contributed by atoms with E-state index in [4.69, 9.17) is 13.9 Å². The van der Waals surface area contributed by atoms with Gasteiger partial charge in [0.2, 0.25) is 0 Å². The summed E-state index contributed by atoms with van der Waals surface area (Å²) in [5.41, 5.74) is 2.78. The lowest BCUT2D eigenvalue weighted by atomic mass is 10.0. The molecule has 108 valence electrons. The SMILES string of the molecule is COc1ccc2nc3c(OC)c(C)c(=O)c(C)c-3oc2c1. The smallest absolute Gasteiger partial charge is 0.192 e. The van der Waals surface area contributed by atoms with Crippen molar-refractivity contribution in [1.82, 2.24) is 4.98 Å². The number of fused-ring (bicyclic) bond motifs is 2. The second-order valence-corrected chi connectivity index (χ2v) is 4.84. The molecule has 0 saturated carbocycles. The number of ether oxygens (including phenoxy) is 2. The molecule has 0 aromatic heterocycles. The van der Waals surface area contributed by atoms with E-state index in [1.807, 2.05) is 12.1 Å². The molecule has 3 rings (SSSR count). The van der Waals surface area contributed by atoms with E-state index in [1.165, 1.54) is 7.11 Å². The molecule has 0 spiro atoms. The summed E-state index contributed by atoms with van der Waals surface area (Å²) in [6.07, 6.45) is 0. The Bertz CT molecular complexity index is 866. The fourth-order valence-corrected chi connectivity index (χ4v) is 2.45. The lowest BCUT2D eigenvalue weighted by Gasteiger charge is -2.14. The largest absolute Gasteiger partial charge is 0.497 e. The minimum Gasteiger partial charge on any atom is -0.497 e. The van der Waals surface area contributed by atoms with Gasteiger partial charge in [0.05, 0.1) is 14.2 Å². The van der Waals surface area contributed by atoms with Gasteiger partial charge < -0.3 is 13.9 Å². The Morgan fingerprint density at radius 2 is 1.86 bits per heavy atom. The van der Waals surface area contributed by atoms with Crippen LogP contribution >= 0.6 is 0 Å². The lowest BCUT2D eigenvalue weighted by Crippen LogP contribution is -2.14. The second kappa shape index (κ2) is 4.77.